The summed E-state index contributed by atoms with van der Waals surface area (Å²) >= 11 is 0. The number of hydrogen-bond acceptors (Lipinski definition) is 3. The van der Waals surface area contributed by atoms with Gasteiger partial charge in [-0.15, -0.1) is 0 Å². The van der Waals surface area contributed by atoms with E-state index < -0.39 is 12.0 Å². The molecule has 0 aliphatic rings. The second-order valence-electron chi connectivity index (χ2n) is 5.64. The van der Waals surface area contributed by atoms with E-state index in [-0.39, 0.29) is 11.5 Å². The van der Waals surface area contributed by atoms with Crippen LogP contribution in [0.15, 0.2) is 66.7 Å². The normalized spacial score (nSPS) is 11.7. The number of ether oxygens (including phenoxy) is 1. The summed E-state index contributed by atoms with van der Waals surface area (Å²) in [5, 5.41) is 4.66. The van der Waals surface area contributed by atoms with Gasteiger partial charge in [-0.2, -0.15) is 0 Å². The van der Waals surface area contributed by atoms with Crippen molar-refractivity contribution in [2.45, 2.75) is 13.0 Å². The molecular formula is C20H18N2O3. The van der Waals surface area contributed by atoms with Gasteiger partial charge >= 0.3 is 0 Å². The maximum absolute atomic E-state index is 12.4. The number of primary amides is 1. The maximum atomic E-state index is 12.4. The number of para-hydroxylation sites is 1. The number of amides is 2. The van der Waals surface area contributed by atoms with Crippen molar-refractivity contribution in [2.75, 3.05) is 5.32 Å². The Morgan fingerprint density at radius 2 is 1.64 bits per heavy atom. The van der Waals surface area contributed by atoms with Crippen LogP contribution >= 0.6 is 0 Å². The van der Waals surface area contributed by atoms with Crippen molar-refractivity contribution in [3.05, 3.63) is 72.3 Å². The van der Waals surface area contributed by atoms with Gasteiger partial charge in [0.1, 0.15) is 5.75 Å². The van der Waals surface area contributed by atoms with Crippen LogP contribution in [0.4, 0.5) is 5.69 Å². The topological polar surface area (TPSA) is 81.4 Å². The lowest BCUT2D eigenvalue weighted by atomic mass is 10.1. The van der Waals surface area contributed by atoms with Crippen molar-refractivity contribution in [3.63, 3.8) is 0 Å². The molecule has 3 aromatic rings. The number of nitrogens with one attached hydrogen (secondary N) is 1. The highest BCUT2D eigenvalue weighted by Crippen LogP contribution is 2.26. The zero-order chi connectivity index (χ0) is 17.8. The number of hydrogen-bond donors (Lipinski definition) is 2. The first kappa shape index (κ1) is 16.5. The number of fused-ring (bicyclic) bond motifs is 1. The van der Waals surface area contributed by atoms with E-state index in [2.05, 4.69) is 5.32 Å². The molecule has 0 unspecified atom stereocenters. The molecule has 0 fully saturated rings. The first-order chi connectivity index (χ1) is 12.1. The van der Waals surface area contributed by atoms with Crippen molar-refractivity contribution in [1.29, 1.82) is 0 Å². The quantitative estimate of drug-likeness (QED) is 0.751. The fraction of sp³-hybridized carbons (Fsp3) is 0.100. The molecular weight excluding hydrogens is 316 g/mol. The molecule has 0 heterocycles. The predicted molar refractivity (Wildman–Crippen MR) is 97.6 cm³/mol. The third-order valence-electron chi connectivity index (χ3n) is 3.87. The van der Waals surface area contributed by atoms with Gasteiger partial charge in [0.25, 0.3) is 11.8 Å². The Hall–Kier alpha value is -3.34. The van der Waals surface area contributed by atoms with Crippen molar-refractivity contribution in [3.8, 4) is 5.75 Å². The van der Waals surface area contributed by atoms with Crippen LogP contribution in [0, 0.1) is 0 Å². The summed E-state index contributed by atoms with van der Waals surface area (Å²) < 4.78 is 5.83. The molecule has 0 radical (unpaired) electrons. The van der Waals surface area contributed by atoms with Gasteiger partial charge in [0.2, 0.25) is 0 Å². The van der Waals surface area contributed by atoms with E-state index in [4.69, 9.17) is 10.5 Å². The van der Waals surface area contributed by atoms with Gasteiger partial charge in [0.15, 0.2) is 6.10 Å². The zero-order valence-electron chi connectivity index (χ0n) is 13.7. The predicted octanol–water partition coefficient (Wildman–Crippen LogP) is 3.34. The Kier molecular flexibility index (Phi) is 4.66. The smallest absolute Gasteiger partial charge is 0.265 e. The first-order valence-electron chi connectivity index (χ1n) is 7.90. The Labute approximate surface area is 145 Å². The molecule has 126 valence electrons. The van der Waals surface area contributed by atoms with Gasteiger partial charge in [-0.05, 0) is 30.5 Å². The van der Waals surface area contributed by atoms with Gasteiger partial charge in [-0.1, -0.05) is 48.5 Å². The number of benzene rings is 3. The number of anilines is 1. The molecule has 5 heteroatoms. The third-order valence-corrected chi connectivity index (χ3v) is 3.87. The van der Waals surface area contributed by atoms with Crippen molar-refractivity contribution < 1.29 is 14.3 Å². The summed E-state index contributed by atoms with van der Waals surface area (Å²) in [5.74, 6) is -0.330. The van der Waals surface area contributed by atoms with E-state index in [9.17, 15) is 9.59 Å². The molecule has 3 N–H and O–H groups in total. The van der Waals surface area contributed by atoms with Gasteiger partial charge in [0.05, 0.1) is 11.3 Å². The molecule has 1 atom stereocenters. The van der Waals surface area contributed by atoms with Crippen LogP contribution in [-0.4, -0.2) is 17.9 Å². The molecule has 0 aromatic heterocycles. The fourth-order valence-electron chi connectivity index (χ4n) is 2.58. The van der Waals surface area contributed by atoms with Crippen LogP contribution < -0.4 is 15.8 Å². The number of nitrogens with two attached hydrogens (primary N) is 1. The molecule has 2 amide bonds. The average molecular weight is 334 g/mol. The average Bonchev–Trinajstić information content (AvgIpc) is 2.62. The van der Waals surface area contributed by atoms with E-state index in [1.807, 2.05) is 42.5 Å². The Morgan fingerprint density at radius 3 is 2.44 bits per heavy atom. The van der Waals surface area contributed by atoms with E-state index in [0.717, 1.165) is 10.8 Å². The SMILES string of the molecule is C[C@H](Oc1cccc2ccccc12)C(=O)Nc1ccccc1C(N)=O. The number of rotatable bonds is 5. The summed E-state index contributed by atoms with van der Waals surface area (Å²) in [6.45, 7) is 1.66. The van der Waals surface area contributed by atoms with Gasteiger partial charge < -0.3 is 15.8 Å². The fourth-order valence-corrected chi connectivity index (χ4v) is 2.58. The van der Waals surface area contributed by atoms with Crippen LogP contribution in [0.1, 0.15) is 17.3 Å². The highest BCUT2D eigenvalue weighted by molar-refractivity contribution is 6.04. The van der Waals surface area contributed by atoms with Crippen molar-refractivity contribution in [1.82, 2.24) is 0 Å². The maximum Gasteiger partial charge on any atom is 0.265 e. The van der Waals surface area contributed by atoms with Gasteiger partial charge in [-0.3, -0.25) is 9.59 Å². The largest absolute Gasteiger partial charge is 0.480 e. The number of carbonyl (C=O) groups excluding carboxylic acids is 2. The standard InChI is InChI=1S/C20H18N2O3/c1-13(20(24)22-17-11-5-4-10-16(17)19(21)23)25-18-12-6-8-14-7-2-3-9-15(14)18/h2-13H,1H3,(H2,21,23)(H,22,24)/t13-/m0/s1. The molecule has 5 nitrogen and oxygen atoms in total. The van der Waals surface area contributed by atoms with E-state index >= 15 is 0 Å². The van der Waals surface area contributed by atoms with Crippen LogP contribution in [0.3, 0.4) is 0 Å². The first-order valence-corrected chi connectivity index (χ1v) is 7.90. The second kappa shape index (κ2) is 7.05. The zero-order valence-corrected chi connectivity index (χ0v) is 13.7. The minimum absolute atomic E-state index is 0.258. The summed E-state index contributed by atoms with van der Waals surface area (Å²) in [7, 11) is 0. The molecule has 0 aliphatic heterocycles. The Balaban J connectivity index is 1.78. The molecule has 0 saturated heterocycles. The van der Waals surface area contributed by atoms with Gasteiger partial charge in [-0.25, -0.2) is 0 Å². The molecule has 0 spiro atoms. The molecule has 0 saturated carbocycles. The molecule has 25 heavy (non-hydrogen) atoms. The number of carbonyl (C=O) groups is 2. The molecule has 0 aliphatic carbocycles. The second-order valence-corrected chi connectivity index (χ2v) is 5.64. The minimum Gasteiger partial charge on any atom is -0.480 e. The van der Waals surface area contributed by atoms with Crippen LogP contribution in [-0.2, 0) is 4.79 Å². The van der Waals surface area contributed by atoms with Crippen molar-refractivity contribution in [2.24, 2.45) is 5.73 Å². The van der Waals surface area contributed by atoms with Crippen molar-refractivity contribution >= 4 is 28.3 Å². The highest BCUT2D eigenvalue weighted by atomic mass is 16.5. The van der Waals surface area contributed by atoms with E-state index in [1.54, 1.807) is 31.2 Å². The monoisotopic (exact) mass is 334 g/mol. The molecule has 0 bridgehead atoms. The summed E-state index contributed by atoms with van der Waals surface area (Å²) in [4.78, 5) is 23.9. The molecule has 3 rings (SSSR count). The highest BCUT2D eigenvalue weighted by Gasteiger charge is 2.18. The minimum atomic E-state index is -0.744. The third kappa shape index (κ3) is 3.61. The lowest BCUT2D eigenvalue weighted by molar-refractivity contribution is -0.122. The summed E-state index contributed by atoms with van der Waals surface area (Å²) in [6, 6.07) is 20.1. The van der Waals surface area contributed by atoms with Crippen LogP contribution in [0.5, 0.6) is 5.75 Å². The van der Waals surface area contributed by atoms with E-state index in [0.29, 0.717) is 11.4 Å². The van der Waals surface area contributed by atoms with Gasteiger partial charge in [0, 0.05) is 5.39 Å². The van der Waals surface area contributed by atoms with E-state index in [1.165, 1.54) is 0 Å². The lowest BCUT2D eigenvalue weighted by Crippen LogP contribution is -2.31. The summed E-state index contributed by atoms with van der Waals surface area (Å²) in [6.07, 6.45) is -0.744. The Morgan fingerprint density at radius 1 is 0.960 bits per heavy atom. The van der Waals surface area contributed by atoms with Crippen LogP contribution in [0.25, 0.3) is 10.8 Å². The lowest BCUT2D eigenvalue weighted by Gasteiger charge is -2.17. The Bertz CT molecular complexity index is 932. The summed E-state index contributed by atoms with van der Waals surface area (Å²) in [5.41, 5.74) is 5.96. The molecule has 3 aromatic carbocycles. The van der Waals surface area contributed by atoms with Crippen LogP contribution in [0.2, 0.25) is 0 Å².